The van der Waals surface area contributed by atoms with Gasteiger partial charge in [-0.05, 0) is 37.0 Å². The Labute approximate surface area is 89.6 Å². The van der Waals surface area contributed by atoms with Crippen molar-refractivity contribution in [3.63, 3.8) is 0 Å². The van der Waals surface area contributed by atoms with Crippen LogP contribution in [0.3, 0.4) is 0 Å². The number of hydrogen-bond acceptors (Lipinski definition) is 2. The third-order valence-corrected chi connectivity index (χ3v) is 2.59. The lowest BCUT2D eigenvalue weighted by Gasteiger charge is -2.10. The van der Waals surface area contributed by atoms with Crippen LogP contribution in [0.4, 0.5) is 0 Å². The van der Waals surface area contributed by atoms with E-state index in [4.69, 9.17) is 4.74 Å². The Kier molecular flexibility index (Phi) is 2.86. The van der Waals surface area contributed by atoms with E-state index in [1.165, 1.54) is 11.6 Å². The molecule has 2 rings (SSSR count). The van der Waals surface area contributed by atoms with Crippen molar-refractivity contribution in [3.8, 4) is 0 Å². The second kappa shape index (κ2) is 4.30. The first-order valence-corrected chi connectivity index (χ1v) is 5.22. The molecule has 2 heteroatoms. The average molecular weight is 202 g/mol. The number of ether oxygens (including phenoxy) is 1. The van der Waals surface area contributed by atoms with E-state index in [0.29, 0.717) is 0 Å². The largest absolute Gasteiger partial charge is 0.460 e. The predicted molar refractivity (Wildman–Crippen MR) is 59.4 cm³/mol. The molecule has 0 aromatic heterocycles. The third-order valence-electron chi connectivity index (χ3n) is 2.59. The van der Waals surface area contributed by atoms with Crippen LogP contribution in [-0.4, -0.2) is 12.1 Å². The summed E-state index contributed by atoms with van der Waals surface area (Å²) in [4.78, 5) is 11.3. The number of esters is 1. The summed E-state index contributed by atoms with van der Waals surface area (Å²) in [6.07, 6.45) is 5.16. The van der Waals surface area contributed by atoms with Crippen LogP contribution < -0.4 is 0 Å². The molecule has 78 valence electrons. The van der Waals surface area contributed by atoms with E-state index in [1.807, 2.05) is 31.2 Å². The van der Waals surface area contributed by atoms with Crippen molar-refractivity contribution in [3.05, 3.63) is 41.5 Å². The lowest BCUT2D eigenvalue weighted by molar-refractivity contribution is -0.142. The number of carbonyl (C=O) groups excluding carboxylic acids is 1. The number of cyclic esters (lactones) is 1. The first-order chi connectivity index (χ1) is 7.25. The summed E-state index contributed by atoms with van der Waals surface area (Å²) in [6, 6.07) is 8.13. The monoisotopic (exact) mass is 202 g/mol. The fourth-order valence-corrected chi connectivity index (χ4v) is 1.74. The van der Waals surface area contributed by atoms with Gasteiger partial charge in [0.2, 0.25) is 0 Å². The van der Waals surface area contributed by atoms with Crippen molar-refractivity contribution in [1.82, 2.24) is 0 Å². The highest BCUT2D eigenvalue weighted by Gasteiger charge is 2.10. The molecule has 0 fully saturated rings. The van der Waals surface area contributed by atoms with Crippen molar-refractivity contribution >= 4 is 12.0 Å². The lowest BCUT2D eigenvalue weighted by atomic mass is 10.0. The van der Waals surface area contributed by atoms with Crippen LogP contribution in [0.2, 0.25) is 0 Å². The van der Waals surface area contributed by atoms with Gasteiger partial charge in [-0.15, -0.1) is 0 Å². The first kappa shape index (κ1) is 9.97. The van der Waals surface area contributed by atoms with Gasteiger partial charge < -0.3 is 4.74 Å². The maximum Gasteiger partial charge on any atom is 0.331 e. The molecule has 1 aromatic carbocycles. The second-order valence-corrected chi connectivity index (χ2v) is 3.82. The van der Waals surface area contributed by atoms with Gasteiger partial charge in [0.1, 0.15) is 0 Å². The molecular weight excluding hydrogens is 188 g/mol. The van der Waals surface area contributed by atoms with Crippen LogP contribution in [-0.2, 0) is 16.0 Å². The van der Waals surface area contributed by atoms with E-state index in [9.17, 15) is 4.79 Å². The Morgan fingerprint density at radius 3 is 2.93 bits per heavy atom. The van der Waals surface area contributed by atoms with Crippen molar-refractivity contribution in [2.75, 3.05) is 0 Å². The Morgan fingerprint density at radius 2 is 2.07 bits per heavy atom. The van der Waals surface area contributed by atoms with E-state index in [0.717, 1.165) is 18.4 Å². The summed E-state index contributed by atoms with van der Waals surface area (Å²) < 4.78 is 5.18. The topological polar surface area (TPSA) is 26.3 Å². The van der Waals surface area contributed by atoms with E-state index in [2.05, 4.69) is 6.07 Å². The van der Waals surface area contributed by atoms with Crippen LogP contribution in [0.25, 0.3) is 6.08 Å². The average Bonchev–Trinajstić information content (AvgIpc) is 2.30. The summed E-state index contributed by atoms with van der Waals surface area (Å²) in [5, 5.41) is 0. The van der Waals surface area contributed by atoms with Gasteiger partial charge in [-0.1, -0.05) is 24.3 Å². The molecular formula is C13H14O2. The van der Waals surface area contributed by atoms with Crippen LogP contribution in [0.15, 0.2) is 30.3 Å². The molecule has 1 aromatic rings. The van der Waals surface area contributed by atoms with E-state index < -0.39 is 0 Å². The summed E-state index contributed by atoms with van der Waals surface area (Å²) in [5.74, 6) is -0.251. The molecule has 0 saturated heterocycles. The smallest absolute Gasteiger partial charge is 0.331 e. The van der Waals surface area contributed by atoms with Gasteiger partial charge >= 0.3 is 5.97 Å². The maximum absolute atomic E-state index is 11.3. The molecule has 0 radical (unpaired) electrons. The van der Waals surface area contributed by atoms with Gasteiger partial charge in [0.05, 0.1) is 6.10 Å². The zero-order valence-electron chi connectivity index (χ0n) is 8.77. The minimum atomic E-state index is -0.251. The number of carbonyl (C=O) groups is 1. The molecule has 0 N–H and O–H groups in total. The van der Waals surface area contributed by atoms with E-state index >= 15 is 0 Å². The summed E-state index contributed by atoms with van der Waals surface area (Å²) in [7, 11) is 0. The molecule has 0 spiro atoms. The number of rotatable bonds is 0. The fourth-order valence-electron chi connectivity index (χ4n) is 1.74. The van der Waals surface area contributed by atoms with Crippen molar-refractivity contribution < 1.29 is 9.53 Å². The summed E-state index contributed by atoms with van der Waals surface area (Å²) in [6.45, 7) is 1.93. The lowest BCUT2D eigenvalue weighted by Crippen LogP contribution is -2.13. The zero-order valence-corrected chi connectivity index (χ0v) is 8.77. The molecule has 0 amide bonds. The van der Waals surface area contributed by atoms with Crippen LogP contribution in [0.5, 0.6) is 0 Å². The molecule has 0 saturated carbocycles. The maximum atomic E-state index is 11.3. The minimum absolute atomic E-state index is 0.00620. The standard InChI is InChI=1S/C13H14O2/c1-10-6-7-11-4-2-3-5-12(11)8-9-13(14)15-10/h2-5,8-10H,6-7H2,1H3/b9-8-. The van der Waals surface area contributed by atoms with Crippen molar-refractivity contribution in [1.29, 1.82) is 0 Å². The Morgan fingerprint density at radius 1 is 1.27 bits per heavy atom. The SMILES string of the molecule is CC1CCc2ccccc2/C=C\C(=O)O1. The van der Waals surface area contributed by atoms with E-state index in [-0.39, 0.29) is 12.1 Å². The highest BCUT2D eigenvalue weighted by atomic mass is 16.5. The predicted octanol–water partition coefficient (Wildman–Crippen LogP) is 2.58. The minimum Gasteiger partial charge on any atom is -0.460 e. The zero-order chi connectivity index (χ0) is 10.7. The van der Waals surface area contributed by atoms with E-state index in [1.54, 1.807) is 0 Å². The van der Waals surface area contributed by atoms with Gasteiger partial charge in [0.15, 0.2) is 0 Å². The summed E-state index contributed by atoms with van der Waals surface area (Å²) in [5.41, 5.74) is 2.39. The molecule has 1 aliphatic heterocycles. The van der Waals surface area contributed by atoms with Crippen LogP contribution in [0, 0.1) is 0 Å². The Balaban J connectivity index is 2.33. The summed E-state index contributed by atoms with van der Waals surface area (Å²) >= 11 is 0. The molecule has 1 heterocycles. The highest BCUT2D eigenvalue weighted by Crippen LogP contribution is 2.16. The van der Waals surface area contributed by atoms with Gasteiger partial charge in [0, 0.05) is 6.08 Å². The molecule has 1 atom stereocenters. The first-order valence-electron chi connectivity index (χ1n) is 5.22. The highest BCUT2D eigenvalue weighted by molar-refractivity contribution is 5.87. The second-order valence-electron chi connectivity index (χ2n) is 3.82. The molecule has 0 bridgehead atoms. The number of benzene rings is 1. The van der Waals surface area contributed by atoms with Gasteiger partial charge in [0.25, 0.3) is 0 Å². The van der Waals surface area contributed by atoms with Crippen LogP contribution in [0.1, 0.15) is 24.5 Å². The quantitative estimate of drug-likeness (QED) is 0.604. The van der Waals surface area contributed by atoms with Gasteiger partial charge in [-0.25, -0.2) is 4.79 Å². The number of aryl methyl sites for hydroxylation is 1. The van der Waals surface area contributed by atoms with Crippen molar-refractivity contribution in [2.24, 2.45) is 0 Å². The molecule has 1 aliphatic rings. The third kappa shape index (κ3) is 2.46. The van der Waals surface area contributed by atoms with Gasteiger partial charge in [-0.2, -0.15) is 0 Å². The Hall–Kier alpha value is -1.57. The molecule has 15 heavy (non-hydrogen) atoms. The molecule has 2 nitrogen and oxygen atoms in total. The van der Waals surface area contributed by atoms with Crippen LogP contribution >= 0.6 is 0 Å². The fraction of sp³-hybridized carbons (Fsp3) is 0.308. The van der Waals surface area contributed by atoms with Gasteiger partial charge in [-0.3, -0.25) is 0 Å². The number of fused-ring (bicyclic) bond motifs is 1. The number of hydrogen-bond donors (Lipinski definition) is 0. The van der Waals surface area contributed by atoms with Crippen molar-refractivity contribution in [2.45, 2.75) is 25.9 Å². The molecule has 0 aliphatic carbocycles. The normalized spacial score (nSPS) is 23.0. The molecule has 1 unspecified atom stereocenters. The Bertz CT molecular complexity index is 393.